The highest BCUT2D eigenvalue weighted by Gasteiger charge is 2.17. The highest BCUT2D eigenvalue weighted by molar-refractivity contribution is 9.10. The van der Waals surface area contributed by atoms with E-state index in [1.807, 2.05) is 18.2 Å². The second kappa shape index (κ2) is 10.1. The van der Waals surface area contributed by atoms with Crippen molar-refractivity contribution in [2.24, 2.45) is 5.10 Å². The van der Waals surface area contributed by atoms with E-state index in [0.29, 0.717) is 27.8 Å². The van der Waals surface area contributed by atoms with Crippen molar-refractivity contribution in [3.05, 3.63) is 86.1 Å². The van der Waals surface area contributed by atoms with Crippen LogP contribution in [0.25, 0.3) is 33.5 Å². The lowest BCUT2D eigenvalue weighted by Gasteiger charge is -2.12. The van der Waals surface area contributed by atoms with E-state index in [0.717, 1.165) is 14.5 Å². The van der Waals surface area contributed by atoms with E-state index in [1.165, 1.54) is 19.4 Å². The Kier molecular flexibility index (Phi) is 6.68. The summed E-state index contributed by atoms with van der Waals surface area (Å²) in [6, 6.07) is 17.4. The number of carbonyl (C=O) groups is 1. The molecule has 2 heterocycles. The van der Waals surface area contributed by atoms with Crippen LogP contribution in [0.4, 0.5) is 0 Å². The normalized spacial score (nSPS) is 11.4. The zero-order valence-electron chi connectivity index (χ0n) is 19.1. The molecule has 37 heavy (non-hydrogen) atoms. The van der Waals surface area contributed by atoms with Gasteiger partial charge in [0.05, 0.1) is 29.2 Å². The molecule has 0 atom stereocenters. The summed E-state index contributed by atoms with van der Waals surface area (Å²) in [4.78, 5) is 29.0. The molecule has 9 nitrogen and oxygen atoms in total. The van der Waals surface area contributed by atoms with E-state index >= 15 is 0 Å². The molecule has 11 heteroatoms. The van der Waals surface area contributed by atoms with Crippen LogP contribution in [-0.2, 0) is 4.79 Å². The van der Waals surface area contributed by atoms with Crippen LogP contribution in [0.2, 0.25) is 5.02 Å². The summed E-state index contributed by atoms with van der Waals surface area (Å²) in [5.41, 5.74) is 1.21. The molecule has 0 bridgehead atoms. The predicted octanol–water partition coefficient (Wildman–Crippen LogP) is 5.58. The molecule has 0 aliphatic carbocycles. The summed E-state index contributed by atoms with van der Waals surface area (Å²) < 4.78 is 18.6. The lowest BCUT2D eigenvalue weighted by molar-refractivity contribution is -0.139. The van der Waals surface area contributed by atoms with E-state index < -0.39 is 18.1 Å². The van der Waals surface area contributed by atoms with Gasteiger partial charge < -0.3 is 19.0 Å². The Bertz CT molecular complexity index is 1760. The number of methoxy groups -OCH3 is 1. The van der Waals surface area contributed by atoms with Crippen LogP contribution < -0.4 is 15.0 Å². The first-order valence-electron chi connectivity index (χ1n) is 10.8. The smallest absolute Gasteiger partial charge is 0.341 e. The Hall–Kier alpha value is -4.15. The minimum absolute atomic E-state index is 0.0855. The zero-order chi connectivity index (χ0) is 26.1. The molecule has 0 aliphatic rings. The molecule has 5 rings (SSSR count). The molecule has 186 valence electrons. The first kappa shape index (κ1) is 24.5. The predicted molar refractivity (Wildman–Crippen MR) is 143 cm³/mol. The topological polar surface area (TPSA) is 116 Å². The zero-order valence-corrected chi connectivity index (χ0v) is 21.5. The highest BCUT2D eigenvalue weighted by Crippen LogP contribution is 2.36. The number of carboxylic acid groups (broad SMARTS) is 1. The number of aliphatic carboxylic acids is 1. The van der Waals surface area contributed by atoms with Gasteiger partial charge in [-0.15, -0.1) is 0 Å². The van der Waals surface area contributed by atoms with Gasteiger partial charge in [-0.25, -0.2) is 9.78 Å². The van der Waals surface area contributed by atoms with Gasteiger partial charge in [0, 0.05) is 9.86 Å². The van der Waals surface area contributed by atoms with Gasteiger partial charge in [0.1, 0.15) is 5.58 Å². The summed E-state index contributed by atoms with van der Waals surface area (Å²) in [6.07, 6.45) is 1.41. The third-order valence-corrected chi connectivity index (χ3v) is 6.14. The number of benzene rings is 3. The van der Waals surface area contributed by atoms with Gasteiger partial charge in [-0.05, 0) is 54.1 Å². The summed E-state index contributed by atoms with van der Waals surface area (Å²) in [7, 11) is 1.40. The number of rotatable bonds is 7. The van der Waals surface area contributed by atoms with E-state index in [1.54, 1.807) is 36.4 Å². The average Bonchev–Trinajstić information content (AvgIpc) is 3.30. The summed E-state index contributed by atoms with van der Waals surface area (Å²) in [5.74, 6) is -0.282. The lowest BCUT2D eigenvalue weighted by atomic mass is 10.2. The molecular formula is C26H17BrClN3O6. The number of carboxylic acids is 1. The van der Waals surface area contributed by atoms with Crippen molar-refractivity contribution in [2.45, 2.75) is 0 Å². The SMILES string of the molecule is COc1cc(C=Nn2c(-c3cc4cc(Br)ccc4o3)nc3ccccc3c2=O)cc(Cl)c1OCC(=O)O. The van der Waals surface area contributed by atoms with E-state index in [9.17, 15) is 9.59 Å². The van der Waals surface area contributed by atoms with Gasteiger partial charge in [-0.2, -0.15) is 9.78 Å². The van der Waals surface area contributed by atoms with Crippen LogP contribution in [0, 0.1) is 0 Å². The molecule has 0 amide bonds. The number of furan rings is 1. The number of aromatic nitrogens is 2. The molecule has 0 saturated heterocycles. The van der Waals surface area contributed by atoms with Gasteiger partial charge in [0.2, 0.25) is 5.82 Å². The van der Waals surface area contributed by atoms with Crippen molar-refractivity contribution in [1.82, 2.24) is 9.66 Å². The van der Waals surface area contributed by atoms with Gasteiger partial charge in [0.15, 0.2) is 23.9 Å². The molecule has 0 unspecified atom stereocenters. The van der Waals surface area contributed by atoms with Gasteiger partial charge in [-0.3, -0.25) is 4.79 Å². The highest BCUT2D eigenvalue weighted by atomic mass is 79.9. The Balaban J connectivity index is 1.63. The third-order valence-electron chi connectivity index (χ3n) is 5.37. The Morgan fingerprint density at radius 3 is 2.81 bits per heavy atom. The molecule has 5 aromatic rings. The second-order valence-electron chi connectivity index (χ2n) is 7.82. The van der Waals surface area contributed by atoms with Crippen molar-refractivity contribution in [2.75, 3.05) is 13.7 Å². The molecule has 3 aromatic carbocycles. The Morgan fingerprint density at radius 1 is 1.22 bits per heavy atom. The lowest BCUT2D eigenvalue weighted by Crippen LogP contribution is -2.20. The fourth-order valence-electron chi connectivity index (χ4n) is 3.73. The number of nitrogens with zero attached hydrogens (tertiary/aromatic N) is 3. The third kappa shape index (κ3) is 4.93. The van der Waals surface area contributed by atoms with Crippen LogP contribution in [0.15, 0.2) is 79.4 Å². The van der Waals surface area contributed by atoms with E-state index in [-0.39, 0.29) is 22.3 Å². The molecule has 1 N–H and O–H groups in total. The Labute approximate surface area is 222 Å². The van der Waals surface area contributed by atoms with E-state index in [2.05, 4.69) is 26.0 Å². The maximum atomic E-state index is 13.4. The average molecular weight is 583 g/mol. The second-order valence-corrected chi connectivity index (χ2v) is 9.15. The molecule has 0 saturated carbocycles. The summed E-state index contributed by atoms with van der Waals surface area (Å²) in [6.45, 7) is -0.584. The number of fused-ring (bicyclic) bond motifs is 2. The van der Waals surface area contributed by atoms with Gasteiger partial charge >= 0.3 is 5.97 Å². The van der Waals surface area contributed by atoms with Gasteiger partial charge in [-0.1, -0.05) is 39.7 Å². The number of hydrogen-bond donors (Lipinski definition) is 1. The largest absolute Gasteiger partial charge is 0.493 e. The fraction of sp³-hybridized carbons (Fsp3) is 0.0769. The van der Waals surface area contributed by atoms with Crippen molar-refractivity contribution < 1.29 is 23.8 Å². The Morgan fingerprint density at radius 2 is 2.03 bits per heavy atom. The molecule has 0 fully saturated rings. The van der Waals surface area contributed by atoms with Crippen LogP contribution >= 0.6 is 27.5 Å². The maximum Gasteiger partial charge on any atom is 0.341 e. The minimum Gasteiger partial charge on any atom is -0.493 e. The quantitative estimate of drug-likeness (QED) is 0.249. The molecule has 0 radical (unpaired) electrons. The number of hydrogen-bond acceptors (Lipinski definition) is 7. The maximum absolute atomic E-state index is 13.4. The summed E-state index contributed by atoms with van der Waals surface area (Å²) >= 11 is 9.77. The van der Waals surface area contributed by atoms with Crippen LogP contribution in [0.1, 0.15) is 5.56 Å². The van der Waals surface area contributed by atoms with Crippen molar-refractivity contribution >= 4 is 61.6 Å². The first-order chi connectivity index (χ1) is 17.8. The monoisotopic (exact) mass is 581 g/mol. The van der Waals surface area contributed by atoms with Crippen molar-refractivity contribution in [3.63, 3.8) is 0 Å². The number of ether oxygens (including phenoxy) is 2. The molecule has 2 aromatic heterocycles. The standard InChI is InChI=1S/C26H17BrClN3O6/c1-35-21-9-14(8-18(28)24(21)36-13-23(32)33)12-29-31-25(30-19-5-3-2-4-17(19)26(31)34)22-11-15-10-16(27)6-7-20(15)37-22/h2-12H,13H2,1H3,(H,32,33). The minimum atomic E-state index is -1.16. The number of para-hydroxylation sites is 1. The number of halogens is 2. The van der Waals surface area contributed by atoms with Gasteiger partial charge in [0.25, 0.3) is 5.56 Å². The summed E-state index contributed by atoms with van der Waals surface area (Å²) in [5, 5.41) is 14.6. The van der Waals surface area contributed by atoms with Crippen LogP contribution in [-0.4, -0.2) is 40.7 Å². The van der Waals surface area contributed by atoms with Crippen LogP contribution in [0.3, 0.4) is 0 Å². The first-order valence-corrected chi connectivity index (χ1v) is 12.0. The fourth-order valence-corrected chi connectivity index (χ4v) is 4.38. The molecular weight excluding hydrogens is 566 g/mol. The van der Waals surface area contributed by atoms with Crippen molar-refractivity contribution in [1.29, 1.82) is 0 Å². The van der Waals surface area contributed by atoms with Crippen molar-refractivity contribution in [3.8, 4) is 23.1 Å². The molecule has 0 aliphatic heterocycles. The van der Waals surface area contributed by atoms with Crippen LogP contribution in [0.5, 0.6) is 11.5 Å². The van der Waals surface area contributed by atoms with E-state index in [4.69, 9.17) is 30.6 Å². The molecule has 0 spiro atoms.